The van der Waals surface area contributed by atoms with Gasteiger partial charge in [0.2, 0.25) is 17.1 Å². The SMILES string of the molecule is C=C(C)C(=O)Cl.C=C(C)C(=O)NCCC[Si](OCC)(OCC)OCC.C=CCN.C=CCNC(=O)C(=C)C.CCO[SiH](OCC)OCC. The molecular weight excluding hydrogens is 674 g/mol. The second-order valence-corrected chi connectivity index (χ2v) is 13.8. The smallest absolute Gasteiger partial charge is 0.376 e. The summed E-state index contributed by atoms with van der Waals surface area (Å²) in [5.41, 5.74) is 6.34. The summed E-state index contributed by atoms with van der Waals surface area (Å²) in [6.07, 6.45) is 4.05. The molecule has 0 fully saturated rings. The molecule has 0 spiro atoms. The van der Waals surface area contributed by atoms with Crippen molar-refractivity contribution in [2.75, 3.05) is 59.3 Å². The Morgan fingerprint density at radius 2 is 1.06 bits per heavy atom. The third-order valence-electron chi connectivity index (χ3n) is 4.63. The first-order valence-electron chi connectivity index (χ1n) is 16.0. The molecule has 0 aromatic rings. The van der Waals surface area contributed by atoms with E-state index in [-0.39, 0.29) is 11.8 Å². The van der Waals surface area contributed by atoms with Crippen LogP contribution in [-0.2, 0) is 40.9 Å². The maximum Gasteiger partial charge on any atom is 0.500 e. The minimum absolute atomic E-state index is 0.114. The van der Waals surface area contributed by atoms with E-state index in [0.29, 0.717) is 82.0 Å². The van der Waals surface area contributed by atoms with Gasteiger partial charge in [0.1, 0.15) is 0 Å². The van der Waals surface area contributed by atoms with Gasteiger partial charge in [0.25, 0.3) is 0 Å². The minimum Gasteiger partial charge on any atom is -0.376 e. The van der Waals surface area contributed by atoms with E-state index in [4.69, 9.17) is 43.9 Å². The van der Waals surface area contributed by atoms with Crippen LogP contribution in [0.2, 0.25) is 6.04 Å². The normalized spacial score (nSPS) is 9.75. The first-order valence-corrected chi connectivity index (χ1v) is 19.7. The van der Waals surface area contributed by atoms with E-state index < -0.39 is 23.6 Å². The highest BCUT2D eigenvalue weighted by Crippen LogP contribution is 2.17. The topological polar surface area (TPSA) is 157 Å². The van der Waals surface area contributed by atoms with Crippen LogP contribution in [0.15, 0.2) is 61.8 Å². The lowest BCUT2D eigenvalue weighted by Gasteiger charge is -2.28. The molecule has 15 heteroatoms. The summed E-state index contributed by atoms with van der Waals surface area (Å²) in [4.78, 5) is 31.8. The molecule has 0 heterocycles. The largest absolute Gasteiger partial charge is 0.500 e. The van der Waals surface area contributed by atoms with Crippen molar-refractivity contribution in [3.05, 3.63) is 61.8 Å². The first-order chi connectivity index (χ1) is 22.6. The third-order valence-corrected chi connectivity index (χ3v) is 9.92. The average molecular weight is 741 g/mol. The van der Waals surface area contributed by atoms with E-state index in [2.05, 4.69) is 43.5 Å². The molecule has 0 bridgehead atoms. The summed E-state index contributed by atoms with van der Waals surface area (Å²) >= 11 is 4.87. The zero-order valence-electron chi connectivity index (χ0n) is 31.2. The maximum atomic E-state index is 11.4. The van der Waals surface area contributed by atoms with Crippen molar-refractivity contribution in [3.63, 3.8) is 0 Å². The number of amides is 2. The van der Waals surface area contributed by atoms with Crippen molar-refractivity contribution < 1.29 is 40.9 Å². The van der Waals surface area contributed by atoms with Gasteiger partial charge in [-0.05, 0) is 80.3 Å². The Morgan fingerprint density at radius 1 is 0.708 bits per heavy atom. The lowest BCUT2D eigenvalue weighted by molar-refractivity contribution is -0.118. The molecule has 0 atom stereocenters. The van der Waals surface area contributed by atoms with Gasteiger partial charge in [0.15, 0.2) is 0 Å². The highest BCUT2D eigenvalue weighted by atomic mass is 35.5. The number of nitrogens with two attached hydrogens (primary N) is 1. The lowest BCUT2D eigenvalue weighted by Crippen LogP contribution is -2.46. The number of nitrogens with one attached hydrogen (secondary N) is 2. The zero-order chi connectivity index (χ0) is 38.4. The number of carbonyl (C=O) groups excluding carboxylic acids is 3. The molecule has 0 rings (SSSR count). The second kappa shape index (κ2) is 40.9. The Kier molecular flexibility index (Phi) is 47.0. The van der Waals surface area contributed by atoms with E-state index in [1.807, 2.05) is 41.5 Å². The van der Waals surface area contributed by atoms with Crippen molar-refractivity contribution in [1.82, 2.24) is 10.6 Å². The Labute approximate surface area is 299 Å². The molecule has 4 N–H and O–H groups in total. The van der Waals surface area contributed by atoms with E-state index in [9.17, 15) is 14.4 Å². The van der Waals surface area contributed by atoms with Gasteiger partial charge in [-0.15, -0.1) is 13.2 Å². The van der Waals surface area contributed by atoms with Crippen molar-refractivity contribution >= 4 is 47.0 Å². The number of hydrogen-bond acceptors (Lipinski definition) is 10. The molecule has 0 aromatic heterocycles. The second-order valence-electron chi connectivity index (χ2n) is 9.13. The van der Waals surface area contributed by atoms with Crippen LogP contribution in [0.4, 0.5) is 0 Å². The van der Waals surface area contributed by atoms with Gasteiger partial charge in [0, 0.05) is 82.0 Å². The Morgan fingerprint density at radius 3 is 1.31 bits per heavy atom. The van der Waals surface area contributed by atoms with Crippen LogP contribution < -0.4 is 16.4 Å². The quantitative estimate of drug-likeness (QED) is 0.0441. The predicted molar refractivity (Wildman–Crippen MR) is 203 cm³/mol. The van der Waals surface area contributed by atoms with Crippen LogP contribution in [0, 0.1) is 0 Å². The molecule has 0 aliphatic heterocycles. The molecule has 12 nitrogen and oxygen atoms in total. The Bertz CT molecular complexity index is 851. The van der Waals surface area contributed by atoms with Crippen LogP contribution in [0.25, 0.3) is 0 Å². The van der Waals surface area contributed by atoms with Crippen LogP contribution in [0.5, 0.6) is 0 Å². The predicted octanol–water partition coefficient (Wildman–Crippen LogP) is 5.25. The molecule has 0 aromatic carbocycles. The maximum absolute atomic E-state index is 11.4. The number of hydrogen-bond donors (Lipinski definition) is 3. The van der Waals surface area contributed by atoms with Crippen LogP contribution in [0.1, 0.15) is 68.7 Å². The molecule has 282 valence electrons. The van der Waals surface area contributed by atoms with Crippen LogP contribution in [0.3, 0.4) is 0 Å². The van der Waals surface area contributed by atoms with Crippen molar-refractivity contribution in [1.29, 1.82) is 0 Å². The van der Waals surface area contributed by atoms with Crippen molar-refractivity contribution in [2.24, 2.45) is 5.73 Å². The zero-order valence-corrected chi connectivity index (χ0v) is 34.1. The summed E-state index contributed by atoms with van der Waals surface area (Å²) in [5, 5.41) is 4.91. The minimum atomic E-state index is -2.57. The molecule has 0 unspecified atom stereocenters. The van der Waals surface area contributed by atoms with E-state index in [0.717, 1.165) is 6.42 Å². The molecule has 0 radical (unpaired) electrons. The third kappa shape index (κ3) is 41.8. The number of rotatable bonds is 22. The molecule has 2 amide bonds. The van der Waals surface area contributed by atoms with E-state index in [1.165, 1.54) is 0 Å². The van der Waals surface area contributed by atoms with Crippen LogP contribution >= 0.6 is 11.6 Å². The monoisotopic (exact) mass is 739 g/mol. The van der Waals surface area contributed by atoms with Crippen molar-refractivity contribution in [2.45, 2.75) is 74.8 Å². The number of allylic oxidation sites excluding steroid dienone is 1. The number of carbonyl (C=O) groups is 3. The average Bonchev–Trinajstić information content (AvgIpc) is 3.03. The Balaban J connectivity index is -0.000000179. The summed E-state index contributed by atoms with van der Waals surface area (Å²) in [6.45, 7) is 39.1. The van der Waals surface area contributed by atoms with Gasteiger partial charge in [-0.25, -0.2) is 0 Å². The molecule has 0 saturated heterocycles. The highest BCUT2D eigenvalue weighted by Gasteiger charge is 2.39. The first kappa shape index (κ1) is 55.2. The molecule has 0 saturated carbocycles. The standard InChI is InChI=1S/C13H27NO4Si.C7H11NO.C6H16O3Si.C4H5ClO.C3H7N/c1-6-16-19(17-7-2,18-8-3)11-9-10-14-13(15)12(4)5;1-4-5-8-7(9)6(2)3;1-4-7-10(8-5-2)9-6-3;1-3(2)4(5)6;1-2-3-4/h4,6-11H2,1-3,5H3,(H,14,15);4H,1-2,5H2,3H3,(H,8,9);10H,4-6H2,1-3H3;1H2,2H3;2H,1,3-4H2. The summed E-state index contributed by atoms with van der Waals surface area (Å²) in [7, 11) is -4.30. The van der Waals surface area contributed by atoms with E-state index >= 15 is 0 Å². The van der Waals surface area contributed by atoms with Gasteiger partial charge in [-0.1, -0.05) is 31.9 Å². The summed E-state index contributed by atoms with van der Waals surface area (Å²) < 4.78 is 32.8. The fourth-order valence-electron chi connectivity index (χ4n) is 2.53. The van der Waals surface area contributed by atoms with Gasteiger partial charge in [-0.2, -0.15) is 0 Å². The van der Waals surface area contributed by atoms with E-state index in [1.54, 1.807) is 32.9 Å². The number of halogens is 1. The van der Waals surface area contributed by atoms with Gasteiger partial charge < -0.3 is 42.9 Å². The lowest BCUT2D eigenvalue weighted by atomic mass is 10.3. The van der Waals surface area contributed by atoms with Gasteiger partial charge >= 0.3 is 18.3 Å². The summed E-state index contributed by atoms with van der Waals surface area (Å²) in [5.74, 6) is -0.230. The van der Waals surface area contributed by atoms with Crippen molar-refractivity contribution in [3.8, 4) is 0 Å². The molecule has 0 aliphatic carbocycles. The molecule has 48 heavy (non-hydrogen) atoms. The Hall–Kier alpha value is -2.25. The fourth-order valence-corrected chi connectivity index (χ4v) is 6.24. The van der Waals surface area contributed by atoms with Gasteiger partial charge in [0.05, 0.1) is 0 Å². The fraction of sp³-hybridized carbons (Fsp3) is 0.606. The highest BCUT2D eigenvalue weighted by molar-refractivity contribution is 6.67. The van der Waals surface area contributed by atoms with Crippen LogP contribution in [-0.4, -0.2) is 94.7 Å². The molecule has 0 aliphatic rings. The molecular formula is C33H66ClN3O9Si2. The summed E-state index contributed by atoms with van der Waals surface area (Å²) in [6, 6.07) is 0.707. The van der Waals surface area contributed by atoms with Gasteiger partial charge in [-0.3, -0.25) is 14.4 Å².